The van der Waals surface area contributed by atoms with Crippen molar-refractivity contribution in [1.82, 2.24) is 0 Å². The molecule has 0 N–H and O–H groups in total. The van der Waals surface area contributed by atoms with Crippen molar-refractivity contribution in [3.05, 3.63) is 11.3 Å². The molecule has 0 aromatic rings. The minimum atomic E-state index is -0.933. The lowest BCUT2D eigenvalue weighted by atomic mass is 9.73. The summed E-state index contributed by atoms with van der Waals surface area (Å²) in [7, 11) is 0. The van der Waals surface area contributed by atoms with E-state index in [4.69, 9.17) is 9.47 Å². The molecule has 0 spiro atoms. The van der Waals surface area contributed by atoms with E-state index in [1.807, 2.05) is 0 Å². The number of rotatable bonds is 0. The van der Waals surface area contributed by atoms with Gasteiger partial charge in [0.1, 0.15) is 5.76 Å². The molecule has 3 rings (SSSR count). The summed E-state index contributed by atoms with van der Waals surface area (Å²) in [6.07, 6.45) is 1.54. The van der Waals surface area contributed by atoms with Crippen LogP contribution in [0.3, 0.4) is 0 Å². The Morgan fingerprint density at radius 2 is 1.82 bits per heavy atom. The zero-order valence-electron chi connectivity index (χ0n) is 10.3. The van der Waals surface area contributed by atoms with Crippen LogP contribution in [0, 0.1) is 11.3 Å². The molecular weight excluding hydrogens is 220 g/mol. The summed E-state index contributed by atoms with van der Waals surface area (Å²) in [4.78, 5) is 23.5. The minimum absolute atomic E-state index is 0.0606. The molecule has 17 heavy (non-hydrogen) atoms. The summed E-state index contributed by atoms with van der Waals surface area (Å²) < 4.78 is 11.0. The Hall–Kier alpha value is -1.32. The smallest absolute Gasteiger partial charge is 0.310 e. The van der Waals surface area contributed by atoms with Crippen molar-refractivity contribution in [2.75, 3.05) is 0 Å². The minimum Gasteiger partial charge on any atom is -0.456 e. The number of fused-ring (bicyclic) bond motifs is 2. The van der Waals surface area contributed by atoms with Gasteiger partial charge in [0.15, 0.2) is 5.78 Å². The number of carbonyl (C=O) groups is 2. The molecule has 0 radical (unpaired) electrons. The average Bonchev–Trinajstić information content (AvgIpc) is 2.49. The van der Waals surface area contributed by atoms with Crippen molar-refractivity contribution in [2.24, 2.45) is 11.3 Å². The Kier molecular flexibility index (Phi) is 1.86. The predicted octanol–water partition coefficient (Wildman–Crippen LogP) is 1.94. The fraction of sp³-hybridized carbons (Fsp3) is 0.692. The van der Waals surface area contributed by atoms with E-state index in [1.165, 1.54) is 0 Å². The van der Waals surface area contributed by atoms with Crippen molar-refractivity contribution in [2.45, 2.75) is 45.8 Å². The summed E-state index contributed by atoms with van der Waals surface area (Å²) in [5, 5.41) is 0. The molecule has 0 amide bonds. The molecule has 0 aromatic heterocycles. The van der Waals surface area contributed by atoms with Crippen LogP contribution >= 0.6 is 0 Å². The lowest BCUT2D eigenvalue weighted by Crippen LogP contribution is -2.31. The van der Waals surface area contributed by atoms with Gasteiger partial charge in [-0.2, -0.15) is 0 Å². The number of hydrogen-bond acceptors (Lipinski definition) is 4. The highest BCUT2D eigenvalue weighted by atomic mass is 16.7. The maximum Gasteiger partial charge on any atom is 0.310 e. The van der Waals surface area contributed by atoms with Crippen molar-refractivity contribution in [1.29, 1.82) is 0 Å². The maximum atomic E-state index is 12.2. The van der Waals surface area contributed by atoms with Crippen LogP contribution in [0.5, 0.6) is 0 Å². The van der Waals surface area contributed by atoms with Gasteiger partial charge in [-0.05, 0) is 5.41 Å². The molecular formula is C13H16O4. The molecule has 0 unspecified atom stereocenters. The maximum absolute atomic E-state index is 12.2. The first-order valence-corrected chi connectivity index (χ1v) is 5.98. The Bertz CT molecular complexity index is 460. The van der Waals surface area contributed by atoms with Gasteiger partial charge in [0, 0.05) is 25.3 Å². The number of hydrogen-bond donors (Lipinski definition) is 0. The van der Waals surface area contributed by atoms with Crippen LogP contribution in [0.2, 0.25) is 0 Å². The van der Waals surface area contributed by atoms with Crippen LogP contribution < -0.4 is 0 Å². The first-order chi connectivity index (χ1) is 7.81. The molecule has 2 aliphatic heterocycles. The second kappa shape index (κ2) is 2.92. The van der Waals surface area contributed by atoms with E-state index in [-0.39, 0.29) is 29.5 Å². The van der Waals surface area contributed by atoms with Crippen LogP contribution in [0.1, 0.15) is 40.0 Å². The Morgan fingerprint density at radius 3 is 2.53 bits per heavy atom. The number of ether oxygens (including phenoxy) is 2. The van der Waals surface area contributed by atoms with Gasteiger partial charge in [-0.3, -0.25) is 9.59 Å². The molecule has 1 aliphatic carbocycles. The van der Waals surface area contributed by atoms with Crippen LogP contribution in [-0.2, 0) is 19.1 Å². The van der Waals surface area contributed by atoms with E-state index in [2.05, 4.69) is 13.8 Å². The van der Waals surface area contributed by atoms with E-state index in [0.29, 0.717) is 12.0 Å². The quantitative estimate of drug-likeness (QED) is 0.603. The largest absolute Gasteiger partial charge is 0.456 e. The predicted molar refractivity (Wildman–Crippen MR) is 58.7 cm³/mol. The van der Waals surface area contributed by atoms with Gasteiger partial charge in [0.05, 0.1) is 12.3 Å². The first-order valence-electron chi connectivity index (χ1n) is 5.98. The number of Topliss-reactive ketones (excluding diaryl/α,β-unsaturated/α-hetero) is 1. The molecule has 1 saturated heterocycles. The van der Waals surface area contributed by atoms with Crippen LogP contribution in [0.15, 0.2) is 11.3 Å². The molecule has 4 nitrogen and oxygen atoms in total. The molecule has 2 heterocycles. The highest BCUT2D eigenvalue weighted by Gasteiger charge is 2.58. The second-order valence-electron chi connectivity index (χ2n) is 6.13. The van der Waals surface area contributed by atoms with Crippen molar-refractivity contribution >= 4 is 11.8 Å². The fourth-order valence-electron chi connectivity index (χ4n) is 3.15. The van der Waals surface area contributed by atoms with Crippen LogP contribution in [0.4, 0.5) is 0 Å². The Morgan fingerprint density at radius 1 is 1.12 bits per heavy atom. The molecule has 2 atom stereocenters. The summed E-state index contributed by atoms with van der Waals surface area (Å²) in [5.74, 6) is -0.553. The number of allylic oxidation sites excluding steroid dienone is 1. The lowest BCUT2D eigenvalue weighted by molar-refractivity contribution is -0.189. The highest BCUT2D eigenvalue weighted by molar-refractivity contribution is 5.99. The van der Waals surface area contributed by atoms with Crippen LogP contribution in [0.25, 0.3) is 0 Å². The van der Waals surface area contributed by atoms with Crippen molar-refractivity contribution in [3.63, 3.8) is 0 Å². The first kappa shape index (κ1) is 10.8. The van der Waals surface area contributed by atoms with Crippen molar-refractivity contribution < 1.29 is 19.1 Å². The van der Waals surface area contributed by atoms with Crippen LogP contribution in [-0.4, -0.2) is 17.5 Å². The molecule has 0 bridgehead atoms. The van der Waals surface area contributed by atoms with Gasteiger partial charge in [0.2, 0.25) is 0 Å². The van der Waals surface area contributed by atoms with Gasteiger partial charge in [-0.25, -0.2) is 0 Å². The third kappa shape index (κ3) is 1.43. The van der Waals surface area contributed by atoms with E-state index < -0.39 is 5.79 Å². The summed E-state index contributed by atoms with van der Waals surface area (Å²) in [6, 6.07) is 0. The topological polar surface area (TPSA) is 52.6 Å². The van der Waals surface area contributed by atoms with Gasteiger partial charge >= 0.3 is 5.97 Å². The molecule has 0 saturated carbocycles. The fourth-order valence-corrected chi connectivity index (χ4v) is 3.15. The number of ketones is 1. The SMILES string of the molecule is CC1(C)CC(=O)C2=C(C1)O[C@@]1(C)OC(=O)C[C@@H]21. The van der Waals surface area contributed by atoms with Crippen molar-refractivity contribution in [3.8, 4) is 0 Å². The van der Waals surface area contributed by atoms with E-state index in [9.17, 15) is 9.59 Å². The second-order valence-corrected chi connectivity index (χ2v) is 6.13. The normalized spacial score (nSPS) is 38.6. The highest BCUT2D eigenvalue weighted by Crippen LogP contribution is 2.53. The Balaban J connectivity index is 2.02. The molecule has 4 heteroatoms. The summed E-state index contributed by atoms with van der Waals surface area (Å²) in [6.45, 7) is 5.86. The van der Waals surface area contributed by atoms with E-state index >= 15 is 0 Å². The standard InChI is InChI=1S/C13H16O4/c1-12(2)5-8(14)11-7-4-10(15)17-13(7,3)16-9(11)6-12/h7H,4-6H2,1-3H3/t7-,13-/m0/s1. The lowest BCUT2D eigenvalue weighted by Gasteiger charge is -2.29. The zero-order valence-corrected chi connectivity index (χ0v) is 10.3. The summed E-state index contributed by atoms with van der Waals surface area (Å²) in [5.41, 5.74) is 0.646. The van der Waals surface area contributed by atoms with E-state index in [1.54, 1.807) is 6.92 Å². The van der Waals surface area contributed by atoms with Gasteiger partial charge < -0.3 is 9.47 Å². The van der Waals surface area contributed by atoms with Gasteiger partial charge in [0.25, 0.3) is 5.79 Å². The molecule has 1 fully saturated rings. The summed E-state index contributed by atoms with van der Waals surface area (Å²) >= 11 is 0. The third-order valence-electron chi connectivity index (χ3n) is 3.87. The monoisotopic (exact) mass is 236 g/mol. The third-order valence-corrected chi connectivity index (χ3v) is 3.87. The van der Waals surface area contributed by atoms with Gasteiger partial charge in [-0.1, -0.05) is 13.8 Å². The number of esters is 1. The zero-order chi connectivity index (χ0) is 12.4. The molecule has 3 aliphatic rings. The van der Waals surface area contributed by atoms with E-state index in [0.717, 1.165) is 12.2 Å². The average molecular weight is 236 g/mol. The molecule has 0 aromatic carbocycles. The Labute approximate surface area is 100.0 Å². The number of carbonyl (C=O) groups excluding carboxylic acids is 2. The molecule has 92 valence electrons. The van der Waals surface area contributed by atoms with Gasteiger partial charge in [-0.15, -0.1) is 0 Å².